The molecule has 0 spiro atoms. The Kier molecular flexibility index (Phi) is 15.1. The second kappa shape index (κ2) is 26.5. The first kappa shape index (κ1) is 65.2. The number of hydrogen-bond acceptors (Lipinski definition) is 7. The predicted octanol–water partition coefficient (Wildman–Crippen LogP) is 27.5. The van der Waals surface area contributed by atoms with Crippen LogP contribution in [0.1, 0.15) is 0 Å². The molecule has 9 nitrogen and oxygen atoms in total. The molecule has 24 rings (SSSR count). The van der Waals surface area contributed by atoms with Crippen LogP contribution in [0.25, 0.3) is 218 Å². The average Bonchev–Trinajstić information content (AvgIpc) is 1.57. The molecule has 532 valence electrons. The molecule has 24 aromatic rings. The third kappa shape index (κ3) is 10.5. The molecule has 0 aliphatic carbocycles. The van der Waals surface area contributed by atoms with E-state index in [0.717, 1.165) is 83.0 Å². The molecule has 0 aliphatic heterocycles. The first-order chi connectivity index (χ1) is 56.6. The van der Waals surface area contributed by atoms with E-state index in [1.807, 2.05) is 95.5 Å². The van der Waals surface area contributed by atoms with Crippen LogP contribution in [0.3, 0.4) is 0 Å². The van der Waals surface area contributed by atoms with Gasteiger partial charge < -0.3 is 9.13 Å². The SMILES string of the molecule is c1ccc(-c2cc(-c3ccccc3)nc(-n3c4ccccc4c4c(-c5ccc6c(c5)c5ccccc5n6-c5cccc6c5sc5ccccc56)cccc43)n2)cc1.c1ccc(-c2nc(-c3ccccc3)nc(-n3c4ccccc4c4c(-c5ccc6c(c5)c5ccccc5n6-c5cccc6c5sc5ccccc56)cccc43)n2)cc1. The van der Waals surface area contributed by atoms with Crippen LogP contribution in [-0.4, -0.2) is 43.2 Å². The number of thiophene rings is 2. The van der Waals surface area contributed by atoms with Gasteiger partial charge in [0.1, 0.15) is 0 Å². The lowest BCUT2D eigenvalue weighted by molar-refractivity contribution is 0.953. The van der Waals surface area contributed by atoms with Crippen LogP contribution in [0.5, 0.6) is 0 Å². The van der Waals surface area contributed by atoms with Crippen molar-refractivity contribution in [1.29, 1.82) is 0 Å². The minimum Gasteiger partial charge on any atom is -0.308 e. The van der Waals surface area contributed by atoms with Crippen LogP contribution in [-0.2, 0) is 0 Å². The van der Waals surface area contributed by atoms with Gasteiger partial charge in [-0.05, 0) is 113 Å². The maximum Gasteiger partial charge on any atom is 0.238 e. The summed E-state index contributed by atoms with van der Waals surface area (Å²) < 4.78 is 14.6. The number of nitrogens with zero attached hydrogens (tertiary/aromatic N) is 9. The van der Waals surface area contributed by atoms with Gasteiger partial charge >= 0.3 is 0 Å². The summed E-state index contributed by atoms with van der Waals surface area (Å²) >= 11 is 3.74. The third-order valence-corrected chi connectivity index (χ3v) is 25.0. The van der Waals surface area contributed by atoms with Crippen molar-refractivity contribution in [2.45, 2.75) is 0 Å². The molecule has 8 heterocycles. The Balaban J connectivity index is 0.000000135. The number of para-hydroxylation sites is 4. The van der Waals surface area contributed by atoms with Gasteiger partial charge in [0.15, 0.2) is 11.6 Å². The molecular weight excluding hydrogens is 1430 g/mol. The van der Waals surface area contributed by atoms with Crippen molar-refractivity contribution in [3.05, 3.63) is 382 Å². The predicted molar refractivity (Wildman–Crippen MR) is 478 cm³/mol. The number of benzene rings is 16. The summed E-state index contributed by atoms with van der Waals surface area (Å²) in [7, 11) is 0. The third-order valence-electron chi connectivity index (χ3n) is 22.6. The topological polar surface area (TPSA) is 84.2 Å². The van der Waals surface area contributed by atoms with E-state index in [0.29, 0.717) is 23.5 Å². The molecule has 0 saturated carbocycles. The monoisotopic (exact) mass is 1490 g/mol. The Hall–Kier alpha value is -14.8. The molecule has 8 aromatic heterocycles. The van der Waals surface area contributed by atoms with Gasteiger partial charge in [-0.3, -0.25) is 9.13 Å². The molecule has 0 saturated heterocycles. The van der Waals surface area contributed by atoms with Crippen molar-refractivity contribution in [3.63, 3.8) is 0 Å². The summed E-state index contributed by atoms with van der Waals surface area (Å²) in [4.78, 5) is 25.8. The summed E-state index contributed by atoms with van der Waals surface area (Å²) in [5, 5.41) is 14.8. The number of rotatable bonds is 10. The van der Waals surface area contributed by atoms with Crippen LogP contribution < -0.4 is 0 Å². The molecule has 0 N–H and O–H groups in total. The average molecular weight is 1490 g/mol. The fraction of sp³-hybridized carbons (Fsp3) is 0. The van der Waals surface area contributed by atoms with Crippen molar-refractivity contribution in [2.75, 3.05) is 0 Å². The van der Waals surface area contributed by atoms with E-state index in [-0.39, 0.29) is 0 Å². The van der Waals surface area contributed by atoms with E-state index in [1.165, 1.54) is 112 Å². The van der Waals surface area contributed by atoms with Crippen LogP contribution in [0.15, 0.2) is 382 Å². The standard InChI is InChI=1S/C52H32N4S.C51H31N5S/c1-3-15-33(16-4-1)42-32-43(34-17-5-2-6-18-34)54-52(53-42)56-45-25-11-8-21-40(45)50-36(22-13-26-47(50)56)35-29-30-46-41(31-35)37-19-7-10-24-44(37)55(46)48-27-14-23-39-38-20-9-12-28-49(38)57-51(39)48;1-3-15-32(16-4-1)49-52-50(33-17-5-2-6-18-33)54-51(53-49)56-42-25-11-8-21-39(42)47-35(22-13-26-44(47)56)34-29-30-43-40(31-34)36-19-7-10-24-41(36)55(43)45-27-14-23-38-37-20-9-12-28-46(37)57-48(38)45/h1-32H;1-31H. The fourth-order valence-electron chi connectivity index (χ4n) is 17.5. The maximum atomic E-state index is 5.27. The lowest BCUT2D eigenvalue weighted by atomic mass is 9.98. The zero-order chi connectivity index (χ0) is 74.9. The van der Waals surface area contributed by atoms with E-state index in [1.54, 1.807) is 0 Å². The number of hydrogen-bond donors (Lipinski definition) is 0. The van der Waals surface area contributed by atoms with Crippen molar-refractivity contribution in [2.24, 2.45) is 0 Å². The van der Waals surface area contributed by atoms with Crippen LogP contribution in [0.4, 0.5) is 0 Å². The quantitative estimate of drug-likeness (QED) is 0.136. The summed E-state index contributed by atoms with van der Waals surface area (Å²) in [6.07, 6.45) is 0. The molecule has 0 amide bonds. The maximum absolute atomic E-state index is 5.27. The molecule has 16 aromatic carbocycles. The Morgan fingerprint density at radius 1 is 0.193 bits per heavy atom. The first-order valence-electron chi connectivity index (χ1n) is 38.4. The highest BCUT2D eigenvalue weighted by atomic mass is 32.1. The lowest BCUT2D eigenvalue weighted by Gasteiger charge is -2.12. The Morgan fingerprint density at radius 3 is 0.947 bits per heavy atom. The van der Waals surface area contributed by atoms with Crippen molar-refractivity contribution >= 4 is 150 Å². The number of aromatic nitrogens is 9. The Labute approximate surface area is 661 Å². The van der Waals surface area contributed by atoms with Gasteiger partial charge in [0, 0.05) is 96.3 Å². The van der Waals surface area contributed by atoms with Gasteiger partial charge in [0.25, 0.3) is 0 Å². The summed E-state index contributed by atoms with van der Waals surface area (Å²) in [5.41, 5.74) is 21.8. The second-order valence-electron chi connectivity index (χ2n) is 29.0. The van der Waals surface area contributed by atoms with Crippen molar-refractivity contribution < 1.29 is 0 Å². The van der Waals surface area contributed by atoms with E-state index >= 15 is 0 Å². The highest BCUT2D eigenvalue weighted by Gasteiger charge is 2.26. The van der Waals surface area contributed by atoms with E-state index < -0.39 is 0 Å². The number of fused-ring (bicyclic) bond motifs is 18. The summed E-state index contributed by atoms with van der Waals surface area (Å²) in [6, 6.07) is 136. The van der Waals surface area contributed by atoms with Gasteiger partial charge in [-0.15, -0.1) is 22.7 Å². The Bertz CT molecular complexity index is 7400. The first-order valence-corrected chi connectivity index (χ1v) is 40.0. The van der Waals surface area contributed by atoms with Crippen LogP contribution in [0.2, 0.25) is 0 Å². The van der Waals surface area contributed by atoms with Crippen molar-refractivity contribution in [1.82, 2.24) is 43.2 Å². The highest BCUT2D eigenvalue weighted by molar-refractivity contribution is 7.26. The molecule has 0 atom stereocenters. The second-order valence-corrected chi connectivity index (χ2v) is 31.1. The molecule has 114 heavy (non-hydrogen) atoms. The summed E-state index contributed by atoms with van der Waals surface area (Å²) in [5.74, 6) is 2.50. The molecule has 0 fully saturated rings. The lowest BCUT2D eigenvalue weighted by Crippen LogP contribution is -2.06. The van der Waals surface area contributed by atoms with Gasteiger partial charge in [-0.25, -0.2) is 15.0 Å². The van der Waals surface area contributed by atoms with Crippen molar-refractivity contribution in [3.8, 4) is 90.8 Å². The Morgan fingerprint density at radius 2 is 0.518 bits per heavy atom. The zero-order valence-electron chi connectivity index (χ0n) is 61.2. The van der Waals surface area contributed by atoms with Gasteiger partial charge in [0.05, 0.1) is 76.3 Å². The van der Waals surface area contributed by atoms with E-state index in [4.69, 9.17) is 24.9 Å². The smallest absolute Gasteiger partial charge is 0.238 e. The van der Waals surface area contributed by atoms with Gasteiger partial charge in [0.2, 0.25) is 11.9 Å². The molecule has 0 bridgehead atoms. The largest absolute Gasteiger partial charge is 0.308 e. The van der Waals surface area contributed by atoms with E-state index in [9.17, 15) is 0 Å². The van der Waals surface area contributed by atoms with Crippen LogP contribution >= 0.6 is 22.7 Å². The fourth-order valence-corrected chi connectivity index (χ4v) is 19.9. The normalized spacial score (nSPS) is 11.9. The molecule has 11 heteroatoms. The van der Waals surface area contributed by atoms with Gasteiger partial charge in [-0.1, -0.05) is 291 Å². The minimum atomic E-state index is 0.583. The molecule has 0 unspecified atom stereocenters. The highest BCUT2D eigenvalue weighted by Crippen LogP contribution is 2.47. The van der Waals surface area contributed by atoms with Crippen LogP contribution in [0, 0.1) is 0 Å². The van der Waals surface area contributed by atoms with E-state index in [2.05, 4.69) is 328 Å². The molecule has 0 aliphatic rings. The minimum absolute atomic E-state index is 0.583. The molecule has 0 radical (unpaired) electrons. The zero-order valence-corrected chi connectivity index (χ0v) is 62.8. The van der Waals surface area contributed by atoms with Gasteiger partial charge in [-0.2, -0.15) is 9.97 Å². The summed E-state index contributed by atoms with van der Waals surface area (Å²) in [6.45, 7) is 0. The molecular formula is C103H63N9S2.